The maximum absolute atomic E-state index is 12.6. The summed E-state index contributed by atoms with van der Waals surface area (Å²) in [6.07, 6.45) is 3.66. The van der Waals surface area contributed by atoms with Crippen LogP contribution in [0.5, 0.6) is 0 Å². The highest BCUT2D eigenvalue weighted by Crippen LogP contribution is 2.34. The van der Waals surface area contributed by atoms with Gasteiger partial charge in [-0.2, -0.15) is 5.10 Å². The summed E-state index contributed by atoms with van der Waals surface area (Å²) in [5, 5.41) is 17.0. The third-order valence-corrected chi connectivity index (χ3v) is 5.92. The quantitative estimate of drug-likeness (QED) is 0.370. The largest absolute Gasteiger partial charge is 0.384 e. The van der Waals surface area contributed by atoms with Crippen molar-refractivity contribution in [2.24, 2.45) is 0 Å². The number of pyridine rings is 1. The van der Waals surface area contributed by atoms with Crippen LogP contribution in [0.25, 0.3) is 22.3 Å². The van der Waals surface area contributed by atoms with Gasteiger partial charge in [0, 0.05) is 30.4 Å². The van der Waals surface area contributed by atoms with Crippen LogP contribution in [0, 0.1) is 11.8 Å². The summed E-state index contributed by atoms with van der Waals surface area (Å²) >= 11 is 0. The highest BCUT2D eigenvalue weighted by atomic mass is 16.2. The molecule has 1 aromatic carbocycles. The average molecular weight is 483 g/mol. The highest BCUT2D eigenvalue weighted by molar-refractivity contribution is 6.04. The molecule has 11 heteroatoms. The van der Waals surface area contributed by atoms with Gasteiger partial charge in [0.05, 0.1) is 11.4 Å². The van der Waals surface area contributed by atoms with Gasteiger partial charge in [-0.15, -0.1) is 0 Å². The number of hydrogen-bond donors (Lipinski definition) is 3. The van der Waals surface area contributed by atoms with Gasteiger partial charge in [0.25, 0.3) is 11.8 Å². The number of nitrogens with one attached hydrogen (secondary N) is 1. The average Bonchev–Trinajstić information content (AvgIpc) is 3.54. The monoisotopic (exact) mass is 482 g/mol. The second-order valence-corrected chi connectivity index (χ2v) is 8.15. The van der Waals surface area contributed by atoms with Gasteiger partial charge >= 0.3 is 0 Å². The molecule has 2 amide bonds. The van der Waals surface area contributed by atoms with Crippen LogP contribution < -0.4 is 11.1 Å². The maximum Gasteiger partial charge on any atom is 0.298 e. The fourth-order valence-electron chi connectivity index (χ4n) is 4.18. The van der Waals surface area contributed by atoms with Crippen molar-refractivity contribution in [1.29, 1.82) is 0 Å². The number of nitrogen functional groups attached to an aromatic ring is 1. The van der Waals surface area contributed by atoms with E-state index in [1.165, 1.54) is 6.33 Å². The number of amides is 2. The number of aliphatic hydroxyl groups excluding tert-OH is 1. The number of aliphatic hydroxyl groups is 1. The Hall–Kier alpha value is -4.82. The molecule has 1 aliphatic rings. The zero-order chi connectivity index (χ0) is 25.1. The molecule has 180 valence electrons. The molecule has 4 aromatic rings. The lowest BCUT2D eigenvalue weighted by Gasteiger charge is -2.14. The molecule has 1 unspecified atom stereocenters. The standard InChI is InChI=1S/C25H22N8O3/c26-23-21-22(16-6-8-17(9-7-16)25(36)30-19-4-1-2-11-27-19)31-33(24(21)29-15-28-23)18-10-12-32(14-18)20(35)5-3-13-34/h1-2,4,6-9,11,15,18,34H,10,12-14H2,(H2,26,28,29)(H,27,30,36). The van der Waals surface area contributed by atoms with Crippen molar-refractivity contribution >= 4 is 34.5 Å². The first-order chi connectivity index (χ1) is 17.5. The number of fused-ring (bicyclic) bond motifs is 1. The van der Waals surface area contributed by atoms with Crippen molar-refractivity contribution < 1.29 is 14.7 Å². The van der Waals surface area contributed by atoms with Crippen molar-refractivity contribution in [3.05, 3.63) is 60.6 Å². The van der Waals surface area contributed by atoms with Crippen molar-refractivity contribution in [1.82, 2.24) is 29.6 Å². The van der Waals surface area contributed by atoms with Crippen molar-refractivity contribution in [2.75, 3.05) is 30.7 Å². The number of benzene rings is 1. The van der Waals surface area contributed by atoms with Gasteiger partial charge in [-0.1, -0.05) is 24.1 Å². The molecular formula is C25H22N8O3. The molecule has 5 rings (SSSR count). The van der Waals surface area contributed by atoms with E-state index in [2.05, 4.69) is 32.1 Å². The van der Waals surface area contributed by atoms with Gasteiger partial charge < -0.3 is 21.1 Å². The van der Waals surface area contributed by atoms with E-state index >= 15 is 0 Å². The summed E-state index contributed by atoms with van der Waals surface area (Å²) in [4.78, 5) is 39.1. The van der Waals surface area contributed by atoms with Crippen molar-refractivity contribution in [2.45, 2.75) is 12.5 Å². The molecular weight excluding hydrogens is 460 g/mol. The van der Waals surface area contributed by atoms with E-state index in [9.17, 15) is 9.59 Å². The van der Waals surface area contributed by atoms with E-state index in [0.717, 1.165) is 5.56 Å². The van der Waals surface area contributed by atoms with Crippen LogP contribution in [0.2, 0.25) is 0 Å². The molecule has 1 atom stereocenters. The second kappa shape index (κ2) is 9.81. The Morgan fingerprint density at radius 1 is 1.14 bits per heavy atom. The number of nitrogens with zero attached hydrogens (tertiary/aromatic N) is 6. The maximum atomic E-state index is 12.6. The van der Waals surface area contributed by atoms with Crippen LogP contribution in [0.15, 0.2) is 55.0 Å². The van der Waals surface area contributed by atoms with Crippen LogP contribution in [-0.4, -0.2) is 66.2 Å². The SMILES string of the molecule is Nc1ncnc2c1c(-c1ccc(C(=O)Nc3ccccn3)cc1)nn2C1CCN(C(=O)C#CCO)C1. The summed E-state index contributed by atoms with van der Waals surface area (Å²) in [5.41, 5.74) is 8.58. The van der Waals surface area contributed by atoms with Gasteiger partial charge in [-0.25, -0.2) is 19.6 Å². The van der Waals surface area contributed by atoms with Crippen LogP contribution >= 0.6 is 0 Å². The lowest BCUT2D eigenvalue weighted by Crippen LogP contribution is -2.28. The highest BCUT2D eigenvalue weighted by Gasteiger charge is 2.30. The summed E-state index contributed by atoms with van der Waals surface area (Å²) in [6, 6.07) is 12.1. The predicted molar refractivity (Wildman–Crippen MR) is 132 cm³/mol. The summed E-state index contributed by atoms with van der Waals surface area (Å²) < 4.78 is 1.77. The first-order valence-electron chi connectivity index (χ1n) is 11.3. The Morgan fingerprint density at radius 2 is 1.97 bits per heavy atom. The van der Waals surface area contributed by atoms with Gasteiger partial charge in [0.15, 0.2) is 5.65 Å². The zero-order valence-electron chi connectivity index (χ0n) is 19.1. The summed E-state index contributed by atoms with van der Waals surface area (Å²) in [5.74, 6) is 4.96. The Morgan fingerprint density at radius 3 is 2.72 bits per heavy atom. The lowest BCUT2D eigenvalue weighted by atomic mass is 10.1. The topological polar surface area (TPSA) is 152 Å². The van der Waals surface area contributed by atoms with Gasteiger partial charge in [0.1, 0.15) is 30.3 Å². The minimum atomic E-state index is -0.365. The molecule has 0 bridgehead atoms. The number of nitrogens with two attached hydrogens (primary N) is 1. The summed E-state index contributed by atoms with van der Waals surface area (Å²) in [7, 11) is 0. The number of rotatable bonds is 4. The number of hydrogen-bond acceptors (Lipinski definition) is 8. The molecule has 0 radical (unpaired) electrons. The number of likely N-dealkylation sites (tertiary alicyclic amines) is 1. The number of carbonyl (C=O) groups excluding carboxylic acids is 2. The molecule has 0 aliphatic carbocycles. The van der Waals surface area contributed by atoms with E-state index in [1.54, 1.807) is 58.2 Å². The first kappa shape index (κ1) is 22.9. The third-order valence-electron chi connectivity index (χ3n) is 5.92. The van der Waals surface area contributed by atoms with Gasteiger partial charge in [-0.3, -0.25) is 9.59 Å². The Bertz CT molecular complexity index is 1490. The van der Waals surface area contributed by atoms with Crippen LogP contribution in [0.1, 0.15) is 22.8 Å². The normalized spacial score (nSPS) is 14.9. The molecule has 0 spiro atoms. The molecule has 36 heavy (non-hydrogen) atoms. The molecule has 1 aliphatic heterocycles. The van der Waals surface area contributed by atoms with Crippen LogP contribution in [0.4, 0.5) is 11.6 Å². The molecule has 3 aromatic heterocycles. The van der Waals surface area contributed by atoms with Gasteiger partial charge in [-0.05, 0) is 36.6 Å². The molecule has 4 N–H and O–H groups in total. The molecule has 0 saturated carbocycles. The molecule has 4 heterocycles. The molecule has 1 fully saturated rings. The number of carbonyl (C=O) groups is 2. The Balaban J connectivity index is 1.43. The Kier molecular flexibility index (Phi) is 6.25. The first-order valence-corrected chi connectivity index (χ1v) is 11.3. The van der Waals surface area contributed by atoms with Crippen molar-refractivity contribution in [3.8, 4) is 23.1 Å². The zero-order valence-corrected chi connectivity index (χ0v) is 19.1. The fraction of sp³-hybridized carbons (Fsp3) is 0.200. The van der Waals surface area contributed by atoms with Crippen LogP contribution in [-0.2, 0) is 4.79 Å². The fourth-order valence-corrected chi connectivity index (χ4v) is 4.18. The summed E-state index contributed by atoms with van der Waals surface area (Å²) in [6.45, 7) is 0.558. The van der Waals surface area contributed by atoms with Crippen LogP contribution in [0.3, 0.4) is 0 Å². The predicted octanol–water partition coefficient (Wildman–Crippen LogP) is 1.49. The van der Waals surface area contributed by atoms with Crippen molar-refractivity contribution in [3.63, 3.8) is 0 Å². The second-order valence-electron chi connectivity index (χ2n) is 8.15. The number of anilines is 2. The third kappa shape index (κ3) is 4.45. The van der Waals surface area contributed by atoms with E-state index < -0.39 is 0 Å². The lowest BCUT2D eigenvalue weighted by molar-refractivity contribution is -0.124. The van der Waals surface area contributed by atoms with E-state index in [0.29, 0.717) is 47.6 Å². The molecule has 11 nitrogen and oxygen atoms in total. The van der Waals surface area contributed by atoms with E-state index in [-0.39, 0.29) is 30.3 Å². The van der Waals surface area contributed by atoms with E-state index in [4.69, 9.17) is 15.9 Å². The smallest absolute Gasteiger partial charge is 0.298 e. The molecule has 1 saturated heterocycles. The van der Waals surface area contributed by atoms with Gasteiger partial charge in [0.2, 0.25) is 0 Å². The number of aromatic nitrogens is 5. The Labute approximate surface area is 206 Å². The minimum absolute atomic E-state index is 0.126. The van der Waals surface area contributed by atoms with E-state index in [1.807, 2.05) is 0 Å². The minimum Gasteiger partial charge on any atom is -0.384 e.